The summed E-state index contributed by atoms with van der Waals surface area (Å²) in [4.78, 5) is 12.2. The quantitative estimate of drug-likeness (QED) is 0.433. The third-order valence-electron chi connectivity index (χ3n) is 3.95. The number of carbonyl (C=O) groups excluding carboxylic acids is 1. The fourth-order valence-electron chi connectivity index (χ4n) is 2.66. The van der Waals surface area contributed by atoms with Crippen LogP contribution in [0.4, 0.5) is 0 Å². The highest BCUT2D eigenvalue weighted by Gasteiger charge is 2.26. The van der Waals surface area contributed by atoms with E-state index >= 15 is 0 Å². The lowest BCUT2D eigenvalue weighted by Gasteiger charge is -2.26. The van der Waals surface area contributed by atoms with Gasteiger partial charge in [-0.1, -0.05) is 55.5 Å². The van der Waals surface area contributed by atoms with Crippen LogP contribution >= 0.6 is 22.6 Å². The number of hydrogen-bond donors (Lipinski definition) is 0. The van der Waals surface area contributed by atoms with Crippen LogP contribution in [0.2, 0.25) is 0 Å². The van der Waals surface area contributed by atoms with E-state index in [0.29, 0.717) is 19.3 Å². The Morgan fingerprint density at radius 1 is 1.08 bits per heavy atom. The van der Waals surface area contributed by atoms with Crippen LogP contribution in [0.3, 0.4) is 0 Å². The van der Waals surface area contributed by atoms with Crippen molar-refractivity contribution in [3.05, 3.63) is 69.3 Å². The average molecular weight is 438 g/mol. The molecule has 24 heavy (non-hydrogen) atoms. The molecule has 0 unspecified atom stereocenters. The van der Waals surface area contributed by atoms with E-state index in [2.05, 4.69) is 22.6 Å². The lowest BCUT2D eigenvalue weighted by atomic mass is 10.0. The van der Waals surface area contributed by atoms with Crippen LogP contribution in [0.15, 0.2) is 54.6 Å². The van der Waals surface area contributed by atoms with Crippen molar-refractivity contribution in [3.63, 3.8) is 0 Å². The third-order valence-corrected chi connectivity index (χ3v) is 4.93. The summed E-state index contributed by atoms with van der Waals surface area (Å²) in [6.07, 6.45) is 1.25. The molecule has 0 amide bonds. The van der Waals surface area contributed by atoms with Gasteiger partial charge >= 0.3 is 5.97 Å². The molecule has 0 N–H and O–H groups in total. The molecule has 0 aliphatic carbocycles. The van der Waals surface area contributed by atoms with Gasteiger partial charge in [0.1, 0.15) is 12.2 Å². The molecule has 0 fully saturated rings. The Morgan fingerprint density at radius 2 is 1.75 bits per heavy atom. The molecule has 2 aromatic rings. The zero-order chi connectivity index (χ0) is 17.4. The minimum atomic E-state index is -0.283. The van der Waals surface area contributed by atoms with Gasteiger partial charge in [-0.2, -0.15) is 0 Å². The second kappa shape index (κ2) is 9.79. The van der Waals surface area contributed by atoms with Gasteiger partial charge in [-0.25, -0.2) is 0 Å². The zero-order valence-corrected chi connectivity index (χ0v) is 16.2. The molecule has 0 aromatic heterocycles. The van der Waals surface area contributed by atoms with E-state index in [0.717, 1.165) is 14.7 Å². The predicted octanol–water partition coefficient (Wildman–Crippen LogP) is 4.93. The highest BCUT2D eigenvalue weighted by atomic mass is 127. The van der Waals surface area contributed by atoms with Gasteiger partial charge in [0.25, 0.3) is 0 Å². The molecular formula is C20H23IO3. The van der Waals surface area contributed by atoms with E-state index in [-0.39, 0.29) is 18.2 Å². The van der Waals surface area contributed by atoms with Gasteiger partial charge in [0, 0.05) is 17.1 Å². The highest BCUT2D eigenvalue weighted by molar-refractivity contribution is 14.1. The van der Waals surface area contributed by atoms with Gasteiger partial charge in [-0.3, -0.25) is 4.79 Å². The Hall–Kier alpha value is -1.40. The van der Waals surface area contributed by atoms with Gasteiger partial charge in [0.2, 0.25) is 0 Å². The topological polar surface area (TPSA) is 35.5 Å². The van der Waals surface area contributed by atoms with Crippen molar-refractivity contribution in [1.82, 2.24) is 0 Å². The minimum absolute atomic E-state index is 0.182. The molecule has 0 saturated carbocycles. The molecule has 0 heterocycles. The van der Waals surface area contributed by atoms with Crippen LogP contribution in [-0.4, -0.2) is 19.2 Å². The maximum Gasteiger partial charge on any atom is 0.306 e. The SMILES string of the molecule is CC[C@H](OC(=O)CCc1ccccc1)[C@@H](OC)c1ccccc1I. The first-order valence-corrected chi connectivity index (χ1v) is 9.24. The van der Waals surface area contributed by atoms with E-state index in [1.54, 1.807) is 7.11 Å². The van der Waals surface area contributed by atoms with Gasteiger partial charge in [-0.15, -0.1) is 0 Å². The number of halogens is 1. The molecule has 0 aliphatic rings. The van der Waals surface area contributed by atoms with Gasteiger partial charge in [0.15, 0.2) is 0 Å². The maximum absolute atomic E-state index is 12.2. The number of benzene rings is 2. The molecule has 2 rings (SSSR count). The number of rotatable bonds is 8. The van der Waals surface area contributed by atoms with Crippen LogP contribution in [0.1, 0.15) is 37.0 Å². The molecule has 2 atom stereocenters. The summed E-state index contributed by atoms with van der Waals surface area (Å²) in [6.45, 7) is 2.01. The van der Waals surface area contributed by atoms with Crippen molar-refractivity contribution in [2.24, 2.45) is 0 Å². The Bertz CT molecular complexity index is 642. The summed E-state index contributed by atoms with van der Waals surface area (Å²) in [5.74, 6) is -0.182. The van der Waals surface area contributed by atoms with Gasteiger partial charge < -0.3 is 9.47 Å². The molecule has 0 aliphatic heterocycles. The van der Waals surface area contributed by atoms with Crippen molar-refractivity contribution in [2.75, 3.05) is 7.11 Å². The van der Waals surface area contributed by atoms with Crippen molar-refractivity contribution in [3.8, 4) is 0 Å². The van der Waals surface area contributed by atoms with E-state index < -0.39 is 0 Å². The molecular weight excluding hydrogens is 415 g/mol. The average Bonchev–Trinajstić information content (AvgIpc) is 2.62. The number of methoxy groups -OCH3 is 1. The standard InChI is InChI=1S/C20H23IO3/c1-3-18(20(23-2)16-11-7-8-12-17(16)21)24-19(22)14-13-15-9-5-4-6-10-15/h4-12,18,20H,3,13-14H2,1-2H3/t18-,20-/m0/s1. The fourth-order valence-corrected chi connectivity index (χ4v) is 3.36. The van der Waals surface area contributed by atoms with Crippen LogP contribution in [0.5, 0.6) is 0 Å². The normalized spacial score (nSPS) is 13.3. The van der Waals surface area contributed by atoms with Crippen LogP contribution in [-0.2, 0) is 20.7 Å². The van der Waals surface area contributed by atoms with E-state index in [9.17, 15) is 4.79 Å². The van der Waals surface area contributed by atoms with Crippen molar-refractivity contribution in [1.29, 1.82) is 0 Å². The maximum atomic E-state index is 12.2. The van der Waals surface area contributed by atoms with Crippen LogP contribution in [0.25, 0.3) is 0 Å². The molecule has 0 radical (unpaired) electrons. The third kappa shape index (κ3) is 5.31. The number of carbonyl (C=O) groups is 1. The highest BCUT2D eigenvalue weighted by Crippen LogP contribution is 2.29. The summed E-state index contributed by atoms with van der Waals surface area (Å²) in [5, 5.41) is 0. The smallest absolute Gasteiger partial charge is 0.306 e. The largest absolute Gasteiger partial charge is 0.459 e. The Labute approximate surface area is 157 Å². The van der Waals surface area contributed by atoms with Crippen molar-refractivity contribution in [2.45, 2.75) is 38.4 Å². The lowest BCUT2D eigenvalue weighted by Crippen LogP contribution is -2.27. The zero-order valence-electron chi connectivity index (χ0n) is 14.1. The van der Waals surface area contributed by atoms with Gasteiger partial charge in [-0.05, 0) is 52.6 Å². The molecule has 3 nitrogen and oxygen atoms in total. The number of aryl methyl sites for hydroxylation is 1. The number of hydrogen-bond acceptors (Lipinski definition) is 3. The second-order valence-corrected chi connectivity index (χ2v) is 6.76. The van der Waals surface area contributed by atoms with Crippen LogP contribution in [0, 0.1) is 3.57 Å². The first-order valence-electron chi connectivity index (χ1n) is 8.16. The Morgan fingerprint density at radius 3 is 2.38 bits per heavy atom. The first kappa shape index (κ1) is 18.9. The molecule has 0 saturated heterocycles. The summed E-state index contributed by atoms with van der Waals surface area (Å²) in [6, 6.07) is 18.0. The fraction of sp³-hybridized carbons (Fsp3) is 0.350. The van der Waals surface area contributed by atoms with Gasteiger partial charge in [0.05, 0.1) is 0 Å². The van der Waals surface area contributed by atoms with E-state index in [1.807, 2.05) is 61.5 Å². The number of esters is 1. The summed E-state index contributed by atoms with van der Waals surface area (Å²) >= 11 is 2.29. The molecule has 0 spiro atoms. The summed E-state index contributed by atoms with van der Waals surface area (Å²) < 4.78 is 12.5. The first-order chi connectivity index (χ1) is 11.7. The summed E-state index contributed by atoms with van der Waals surface area (Å²) in [5.41, 5.74) is 2.20. The molecule has 128 valence electrons. The van der Waals surface area contributed by atoms with E-state index in [1.165, 1.54) is 0 Å². The second-order valence-electron chi connectivity index (χ2n) is 5.60. The predicted molar refractivity (Wildman–Crippen MR) is 104 cm³/mol. The molecule has 4 heteroatoms. The van der Waals surface area contributed by atoms with E-state index in [4.69, 9.17) is 9.47 Å². The van der Waals surface area contributed by atoms with Crippen molar-refractivity contribution >= 4 is 28.6 Å². The molecule has 2 aromatic carbocycles. The molecule has 0 bridgehead atoms. The van der Waals surface area contributed by atoms with Crippen LogP contribution < -0.4 is 0 Å². The monoisotopic (exact) mass is 438 g/mol. The lowest BCUT2D eigenvalue weighted by molar-refractivity contribution is -0.157. The minimum Gasteiger partial charge on any atom is -0.459 e. The Balaban J connectivity index is 1.99. The Kier molecular flexibility index (Phi) is 7.72. The summed E-state index contributed by atoms with van der Waals surface area (Å²) in [7, 11) is 1.66. The number of ether oxygens (including phenoxy) is 2. The van der Waals surface area contributed by atoms with Crippen molar-refractivity contribution < 1.29 is 14.3 Å².